The smallest absolute Gasteiger partial charge is 0.344 e. The van der Waals surface area contributed by atoms with E-state index in [2.05, 4.69) is 0 Å². The van der Waals surface area contributed by atoms with Gasteiger partial charge in [-0.15, -0.1) is 0 Å². The third-order valence-corrected chi connectivity index (χ3v) is 2.81. The van der Waals surface area contributed by atoms with E-state index in [9.17, 15) is 9.59 Å². The van der Waals surface area contributed by atoms with Crippen LogP contribution in [-0.2, 0) is 9.53 Å². The highest BCUT2D eigenvalue weighted by Gasteiger charge is 2.22. The van der Waals surface area contributed by atoms with Crippen LogP contribution < -0.4 is 14.2 Å². The van der Waals surface area contributed by atoms with Crippen molar-refractivity contribution in [3.8, 4) is 17.2 Å². The zero-order valence-corrected chi connectivity index (χ0v) is 11.6. The van der Waals surface area contributed by atoms with Gasteiger partial charge in [0.25, 0.3) is 0 Å². The van der Waals surface area contributed by atoms with Crippen LogP contribution in [0.1, 0.15) is 30.1 Å². The van der Waals surface area contributed by atoms with Crippen LogP contribution in [0.25, 0.3) is 0 Å². The quantitative estimate of drug-likeness (QED) is 0.606. The number of carbonyl (C=O) groups excluding carboxylic acids is 1. The Labute approximate surface area is 121 Å². The molecule has 114 valence electrons. The van der Waals surface area contributed by atoms with Crippen LogP contribution in [0.2, 0.25) is 0 Å². The second-order valence-corrected chi connectivity index (χ2v) is 4.37. The van der Waals surface area contributed by atoms with E-state index < -0.39 is 11.9 Å². The summed E-state index contributed by atoms with van der Waals surface area (Å²) in [6, 6.07) is 2.70. The SMILES string of the molecule is CCCCOC(=O)COc1cc2c(cc1C(=O)O)OCO2. The van der Waals surface area contributed by atoms with Crippen molar-refractivity contribution >= 4 is 11.9 Å². The lowest BCUT2D eigenvalue weighted by atomic mass is 10.2. The van der Waals surface area contributed by atoms with Gasteiger partial charge in [-0.1, -0.05) is 13.3 Å². The van der Waals surface area contributed by atoms with E-state index >= 15 is 0 Å². The van der Waals surface area contributed by atoms with Crippen LogP contribution in [0.15, 0.2) is 12.1 Å². The van der Waals surface area contributed by atoms with Crippen molar-refractivity contribution in [3.63, 3.8) is 0 Å². The lowest BCUT2D eigenvalue weighted by Gasteiger charge is -2.10. The second kappa shape index (κ2) is 6.83. The van der Waals surface area contributed by atoms with Gasteiger partial charge in [-0.05, 0) is 6.42 Å². The Morgan fingerprint density at radius 2 is 2.00 bits per heavy atom. The molecular weight excluding hydrogens is 280 g/mol. The summed E-state index contributed by atoms with van der Waals surface area (Å²) >= 11 is 0. The Morgan fingerprint density at radius 3 is 2.67 bits per heavy atom. The van der Waals surface area contributed by atoms with Gasteiger partial charge in [0.1, 0.15) is 11.3 Å². The van der Waals surface area contributed by atoms with Gasteiger partial charge in [0.15, 0.2) is 18.1 Å². The summed E-state index contributed by atoms with van der Waals surface area (Å²) in [6.07, 6.45) is 1.69. The van der Waals surface area contributed by atoms with Gasteiger partial charge in [-0.2, -0.15) is 0 Å². The van der Waals surface area contributed by atoms with Crippen LogP contribution in [0.4, 0.5) is 0 Å². The first-order valence-electron chi connectivity index (χ1n) is 6.57. The molecule has 7 heteroatoms. The summed E-state index contributed by atoms with van der Waals surface area (Å²) in [7, 11) is 0. The van der Waals surface area contributed by atoms with Crippen LogP contribution in [0.5, 0.6) is 17.2 Å². The molecule has 1 aliphatic rings. The molecule has 0 fully saturated rings. The summed E-state index contributed by atoms with van der Waals surface area (Å²) in [5.74, 6) is -0.959. The van der Waals surface area contributed by atoms with Crippen LogP contribution in [-0.4, -0.2) is 37.1 Å². The lowest BCUT2D eigenvalue weighted by molar-refractivity contribution is -0.146. The number of hydrogen-bond acceptors (Lipinski definition) is 6. The first-order valence-corrected chi connectivity index (χ1v) is 6.57. The van der Waals surface area contributed by atoms with Crippen molar-refractivity contribution < 1.29 is 33.6 Å². The summed E-state index contributed by atoms with van der Waals surface area (Å²) in [5.41, 5.74) is -0.0967. The summed E-state index contributed by atoms with van der Waals surface area (Å²) in [4.78, 5) is 22.6. The highest BCUT2D eigenvalue weighted by Crippen LogP contribution is 2.38. The highest BCUT2D eigenvalue weighted by atomic mass is 16.7. The summed E-state index contributed by atoms with van der Waals surface area (Å²) < 4.78 is 20.4. The zero-order valence-electron chi connectivity index (χ0n) is 11.6. The summed E-state index contributed by atoms with van der Waals surface area (Å²) in [5, 5.41) is 9.14. The average Bonchev–Trinajstić information content (AvgIpc) is 2.91. The van der Waals surface area contributed by atoms with E-state index in [1.807, 2.05) is 6.92 Å². The molecule has 21 heavy (non-hydrogen) atoms. The van der Waals surface area contributed by atoms with Crippen molar-refractivity contribution in [2.45, 2.75) is 19.8 Å². The molecule has 0 unspecified atom stereocenters. The number of fused-ring (bicyclic) bond motifs is 1. The molecule has 0 radical (unpaired) electrons. The van der Waals surface area contributed by atoms with E-state index in [1.54, 1.807) is 0 Å². The maximum absolute atomic E-state index is 11.5. The van der Waals surface area contributed by atoms with Crippen molar-refractivity contribution in [3.05, 3.63) is 17.7 Å². The molecule has 0 amide bonds. The van der Waals surface area contributed by atoms with Crippen molar-refractivity contribution in [1.29, 1.82) is 0 Å². The standard InChI is InChI=1S/C14H16O7/c1-2-3-4-18-13(15)7-19-10-6-12-11(20-8-21-12)5-9(10)14(16)17/h5-6H,2-4,7-8H2,1H3,(H,16,17). The molecule has 0 atom stereocenters. The Balaban J connectivity index is 2.02. The van der Waals surface area contributed by atoms with Gasteiger partial charge in [-0.25, -0.2) is 9.59 Å². The number of hydrogen-bond donors (Lipinski definition) is 1. The Morgan fingerprint density at radius 1 is 1.29 bits per heavy atom. The first kappa shape index (κ1) is 15.0. The maximum atomic E-state index is 11.5. The van der Waals surface area contributed by atoms with E-state index in [1.165, 1.54) is 12.1 Å². The molecule has 1 N–H and O–H groups in total. The van der Waals surface area contributed by atoms with E-state index in [-0.39, 0.29) is 24.7 Å². The van der Waals surface area contributed by atoms with Crippen molar-refractivity contribution in [2.24, 2.45) is 0 Å². The number of ether oxygens (including phenoxy) is 4. The Kier molecular flexibility index (Phi) is 4.86. The molecule has 1 aliphatic heterocycles. The molecule has 1 aromatic rings. The Bertz CT molecular complexity index is 538. The first-order chi connectivity index (χ1) is 10.1. The molecule has 2 rings (SSSR count). The number of carboxylic acids is 1. The molecule has 7 nitrogen and oxygen atoms in total. The number of benzene rings is 1. The van der Waals surface area contributed by atoms with E-state index in [4.69, 9.17) is 24.1 Å². The van der Waals surface area contributed by atoms with E-state index in [0.29, 0.717) is 18.1 Å². The minimum Gasteiger partial charge on any atom is -0.481 e. The molecule has 0 spiro atoms. The predicted octanol–water partition coefficient (Wildman–Crippen LogP) is 1.84. The van der Waals surface area contributed by atoms with Crippen LogP contribution >= 0.6 is 0 Å². The number of unbranched alkanes of at least 4 members (excludes halogenated alkanes) is 1. The minimum atomic E-state index is -1.18. The van der Waals surface area contributed by atoms with Gasteiger partial charge in [-0.3, -0.25) is 0 Å². The minimum absolute atomic E-state index is 0.0247. The molecule has 0 saturated heterocycles. The van der Waals surface area contributed by atoms with Gasteiger partial charge in [0, 0.05) is 12.1 Å². The fraction of sp³-hybridized carbons (Fsp3) is 0.429. The monoisotopic (exact) mass is 296 g/mol. The molecule has 0 saturated carbocycles. The Hall–Kier alpha value is -2.44. The van der Waals surface area contributed by atoms with Gasteiger partial charge >= 0.3 is 11.9 Å². The van der Waals surface area contributed by atoms with E-state index in [0.717, 1.165) is 12.8 Å². The van der Waals surface area contributed by atoms with Crippen molar-refractivity contribution in [1.82, 2.24) is 0 Å². The number of carbonyl (C=O) groups is 2. The van der Waals surface area contributed by atoms with Gasteiger partial charge in [0.2, 0.25) is 6.79 Å². The molecule has 0 aliphatic carbocycles. The number of carboxylic acid groups (broad SMARTS) is 1. The lowest BCUT2D eigenvalue weighted by Crippen LogP contribution is -2.16. The fourth-order valence-corrected chi connectivity index (χ4v) is 1.72. The third kappa shape index (κ3) is 3.77. The average molecular weight is 296 g/mol. The predicted molar refractivity (Wildman–Crippen MR) is 70.9 cm³/mol. The maximum Gasteiger partial charge on any atom is 0.344 e. The largest absolute Gasteiger partial charge is 0.481 e. The topological polar surface area (TPSA) is 91.3 Å². The molecule has 0 aromatic heterocycles. The number of rotatable bonds is 7. The highest BCUT2D eigenvalue weighted by molar-refractivity contribution is 5.92. The van der Waals surface area contributed by atoms with Crippen LogP contribution in [0.3, 0.4) is 0 Å². The van der Waals surface area contributed by atoms with Gasteiger partial charge < -0.3 is 24.1 Å². The third-order valence-electron chi connectivity index (χ3n) is 2.81. The molecule has 1 heterocycles. The zero-order chi connectivity index (χ0) is 15.2. The molecule has 1 aromatic carbocycles. The number of aromatic carboxylic acids is 1. The van der Waals surface area contributed by atoms with Crippen molar-refractivity contribution in [2.75, 3.05) is 20.0 Å². The fourth-order valence-electron chi connectivity index (χ4n) is 1.72. The second-order valence-electron chi connectivity index (χ2n) is 4.37. The van der Waals surface area contributed by atoms with Crippen LogP contribution in [0, 0.1) is 0 Å². The normalized spacial score (nSPS) is 12.0. The summed E-state index contributed by atoms with van der Waals surface area (Å²) in [6.45, 7) is 1.97. The van der Waals surface area contributed by atoms with Gasteiger partial charge in [0.05, 0.1) is 6.61 Å². The number of esters is 1. The molecular formula is C14H16O7. The molecule has 0 bridgehead atoms.